The zero-order valence-corrected chi connectivity index (χ0v) is 20.4. The van der Waals surface area contributed by atoms with Crippen LogP contribution < -0.4 is 14.8 Å². The number of benzene rings is 2. The highest BCUT2D eigenvalue weighted by Gasteiger charge is 2.22. The number of aromatic nitrogens is 3. The van der Waals surface area contributed by atoms with Crippen LogP contribution in [0.5, 0.6) is 11.5 Å². The summed E-state index contributed by atoms with van der Waals surface area (Å²) in [6.07, 6.45) is 1.41. The average molecular weight is 470 g/mol. The number of nitrogens with one attached hydrogen (secondary N) is 1. The van der Waals surface area contributed by atoms with E-state index in [1.807, 2.05) is 43.3 Å². The third-order valence-electron chi connectivity index (χ3n) is 5.63. The number of anilines is 1. The molecule has 0 aliphatic carbocycles. The van der Waals surface area contributed by atoms with Gasteiger partial charge in [-0.15, -0.1) is 0 Å². The van der Waals surface area contributed by atoms with Gasteiger partial charge in [0.1, 0.15) is 23.1 Å². The minimum absolute atomic E-state index is 0.216. The van der Waals surface area contributed by atoms with Gasteiger partial charge in [0.15, 0.2) is 18.2 Å². The lowest BCUT2D eigenvalue weighted by molar-refractivity contribution is -0.118. The number of carbonyl (C=O) groups is 1. The number of ether oxygens (including phenoxy) is 2. The highest BCUT2D eigenvalue weighted by molar-refractivity contribution is 5.92. The van der Waals surface area contributed by atoms with E-state index in [9.17, 15) is 10.1 Å². The van der Waals surface area contributed by atoms with Crippen LogP contribution in [0.15, 0.2) is 54.7 Å². The Balaban J connectivity index is 1.59. The summed E-state index contributed by atoms with van der Waals surface area (Å²) in [4.78, 5) is 17.5. The summed E-state index contributed by atoms with van der Waals surface area (Å²) in [5.74, 6) is 1.64. The molecule has 0 radical (unpaired) electrons. The lowest BCUT2D eigenvalue weighted by atomic mass is 9.86. The lowest BCUT2D eigenvalue weighted by Gasteiger charge is -2.23. The molecular formula is C27H27N5O3. The Kier molecular flexibility index (Phi) is 6.43. The number of nitriles is 1. The van der Waals surface area contributed by atoms with Gasteiger partial charge in [-0.05, 0) is 48.2 Å². The van der Waals surface area contributed by atoms with E-state index in [1.54, 1.807) is 19.2 Å². The SMILES string of the molecule is COc1ccc(OCC(=O)Nc2c(C#N)cnn2-c2cc(C)c3ccccc3n2)c(C(C)(C)C)c1. The van der Waals surface area contributed by atoms with Crippen molar-refractivity contribution < 1.29 is 14.3 Å². The summed E-state index contributed by atoms with van der Waals surface area (Å²) in [5, 5.41) is 17.7. The monoisotopic (exact) mass is 469 g/mol. The fraction of sp³-hybridized carbons (Fsp3) is 0.259. The number of hydrogen-bond donors (Lipinski definition) is 1. The number of pyridine rings is 1. The number of hydrogen-bond acceptors (Lipinski definition) is 6. The van der Waals surface area contributed by atoms with Crippen LogP contribution in [0.25, 0.3) is 16.7 Å². The molecule has 4 rings (SSSR count). The number of fused-ring (bicyclic) bond motifs is 1. The summed E-state index contributed by atoms with van der Waals surface area (Å²) >= 11 is 0. The third-order valence-corrected chi connectivity index (χ3v) is 5.63. The van der Waals surface area contributed by atoms with Gasteiger partial charge in [0.25, 0.3) is 5.91 Å². The molecule has 0 saturated heterocycles. The Bertz CT molecular complexity index is 1440. The Morgan fingerprint density at radius 1 is 1.17 bits per heavy atom. The number of para-hydroxylation sites is 1. The van der Waals surface area contributed by atoms with E-state index in [2.05, 4.69) is 42.2 Å². The molecule has 35 heavy (non-hydrogen) atoms. The van der Waals surface area contributed by atoms with Crippen LogP contribution >= 0.6 is 0 Å². The van der Waals surface area contributed by atoms with Gasteiger partial charge in [0, 0.05) is 10.9 Å². The van der Waals surface area contributed by atoms with Crippen molar-refractivity contribution in [2.24, 2.45) is 0 Å². The van der Waals surface area contributed by atoms with Crippen molar-refractivity contribution in [3.63, 3.8) is 0 Å². The van der Waals surface area contributed by atoms with Crippen molar-refractivity contribution in [3.05, 3.63) is 71.4 Å². The molecule has 0 saturated carbocycles. The lowest BCUT2D eigenvalue weighted by Crippen LogP contribution is -2.24. The quantitative estimate of drug-likeness (QED) is 0.430. The highest BCUT2D eigenvalue weighted by Crippen LogP contribution is 2.34. The van der Waals surface area contributed by atoms with Crippen LogP contribution in [0.3, 0.4) is 0 Å². The first-order valence-corrected chi connectivity index (χ1v) is 11.2. The fourth-order valence-corrected chi connectivity index (χ4v) is 3.82. The van der Waals surface area contributed by atoms with E-state index < -0.39 is 5.91 Å². The predicted molar refractivity (Wildman–Crippen MR) is 134 cm³/mol. The number of carbonyl (C=O) groups excluding carboxylic acids is 1. The zero-order chi connectivity index (χ0) is 25.2. The van der Waals surface area contributed by atoms with E-state index in [1.165, 1.54) is 10.9 Å². The molecule has 1 N–H and O–H groups in total. The number of rotatable bonds is 6. The van der Waals surface area contributed by atoms with Crippen molar-refractivity contribution >= 4 is 22.6 Å². The van der Waals surface area contributed by atoms with Crippen molar-refractivity contribution in [3.8, 4) is 23.4 Å². The third kappa shape index (κ3) is 4.94. The maximum absolute atomic E-state index is 12.9. The maximum Gasteiger partial charge on any atom is 0.263 e. The van der Waals surface area contributed by atoms with Gasteiger partial charge in [0.2, 0.25) is 0 Å². The Labute approximate surface area is 204 Å². The van der Waals surface area contributed by atoms with Gasteiger partial charge in [-0.3, -0.25) is 4.79 Å². The van der Waals surface area contributed by atoms with E-state index in [0.29, 0.717) is 17.3 Å². The molecule has 0 unspecified atom stereocenters. The van der Waals surface area contributed by atoms with Crippen molar-refractivity contribution in [2.75, 3.05) is 19.0 Å². The maximum atomic E-state index is 12.9. The van der Waals surface area contributed by atoms with Crippen molar-refractivity contribution in [1.82, 2.24) is 14.8 Å². The first kappa shape index (κ1) is 23.8. The number of methoxy groups -OCH3 is 1. The molecule has 2 heterocycles. The van der Waals surface area contributed by atoms with Gasteiger partial charge in [-0.2, -0.15) is 15.0 Å². The minimum Gasteiger partial charge on any atom is -0.497 e. The first-order valence-electron chi connectivity index (χ1n) is 11.2. The molecule has 8 nitrogen and oxygen atoms in total. The summed E-state index contributed by atoms with van der Waals surface area (Å²) in [5.41, 5.74) is 2.74. The van der Waals surface area contributed by atoms with Crippen LogP contribution in [0.4, 0.5) is 5.82 Å². The summed E-state index contributed by atoms with van der Waals surface area (Å²) in [6, 6.07) is 17.2. The van der Waals surface area contributed by atoms with Gasteiger partial charge < -0.3 is 14.8 Å². The second kappa shape index (κ2) is 9.47. The Hall–Kier alpha value is -4.38. The molecule has 178 valence electrons. The number of amides is 1. The van der Waals surface area contributed by atoms with Crippen LogP contribution in [0.1, 0.15) is 37.5 Å². The van der Waals surface area contributed by atoms with E-state index in [4.69, 9.17) is 9.47 Å². The van der Waals surface area contributed by atoms with Crippen molar-refractivity contribution in [2.45, 2.75) is 33.1 Å². The smallest absolute Gasteiger partial charge is 0.263 e. The molecule has 0 atom stereocenters. The highest BCUT2D eigenvalue weighted by atomic mass is 16.5. The molecule has 8 heteroatoms. The molecule has 0 aliphatic rings. The molecule has 4 aromatic rings. The van der Waals surface area contributed by atoms with E-state index in [-0.39, 0.29) is 23.4 Å². The molecule has 2 aromatic carbocycles. The largest absolute Gasteiger partial charge is 0.497 e. The van der Waals surface area contributed by atoms with Gasteiger partial charge >= 0.3 is 0 Å². The molecule has 1 amide bonds. The van der Waals surface area contributed by atoms with Crippen LogP contribution in [0.2, 0.25) is 0 Å². The fourth-order valence-electron chi connectivity index (χ4n) is 3.82. The predicted octanol–water partition coefficient (Wildman–Crippen LogP) is 4.92. The second-order valence-corrected chi connectivity index (χ2v) is 9.19. The molecule has 0 aliphatic heterocycles. The molecule has 0 bridgehead atoms. The Morgan fingerprint density at radius 3 is 2.66 bits per heavy atom. The van der Waals surface area contributed by atoms with E-state index >= 15 is 0 Å². The van der Waals surface area contributed by atoms with Crippen LogP contribution in [-0.4, -0.2) is 34.4 Å². The average Bonchev–Trinajstić information content (AvgIpc) is 3.24. The zero-order valence-electron chi connectivity index (χ0n) is 20.4. The summed E-state index contributed by atoms with van der Waals surface area (Å²) in [7, 11) is 1.61. The first-order chi connectivity index (χ1) is 16.7. The van der Waals surface area contributed by atoms with Crippen LogP contribution in [0, 0.1) is 18.3 Å². The number of nitrogens with zero attached hydrogens (tertiary/aromatic N) is 4. The van der Waals surface area contributed by atoms with Gasteiger partial charge in [0.05, 0.1) is 18.8 Å². The molecular weight excluding hydrogens is 442 g/mol. The normalized spacial score (nSPS) is 11.2. The van der Waals surface area contributed by atoms with Crippen molar-refractivity contribution in [1.29, 1.82) is 5.26 Å². The van der Waals surface area contributed by atoms with Gasteiger partial charge in [-0.1, -0.05) is 39.0 Å². The summed E-state index contributed by atoms with van der Waals surface area (Å²) in [6.45, 7) is 7.92. The molecule has 2 aromatic heterocycles. The van der Waals surface area contributed by atoms with E-state index in [0.717, 1.165) is 22.0 Å². The number of aryl methyl sites for hydroxylation is 1. The second-order valence-electron chi connectivity index (χ2n) is 9.19. The minimum atomic E-state index is -0.420. The van der Waals surface area contributed by atoms with Gasteiger partial charge in [-0.25, -0.2) is 4.98 Å². The Morgan fingerprint density at radius 2 is 1.94 bits per heavy atom. The molecule has 0 fully saturated rings. The topological polar surface area (TPSA) is 102 Å². The van der Waals surface area contributed by atoms with Crippen LogP contribution in [-0.2, 0) is 10.2 Å². The molecule has 0 spiro atoms. The summed E-state index contributed by atoms with van der Waals surface area (Å²) < 4.78 is 12.7. The standard InChI is InChI=1S/C27H27N5O3/c1-17-12-24(30-22-9-7-6-8-20(17)22)32-26(18(14-28)15-29-32)31-25(33)16-35-23-11-10-19(34-5)13-21(23)27(2,3)4/h6-13,15H,16H2,1-5H3,(H,31,33).